The Hall–Kier alpha value is -8.67. The SMILES string of the molecule is N=C(/N=C(\N=C\c1ccc(-c2ccccc2)c2ccccc12)c1cccc2oc3ccccc3c12)c1ccc2ccc(-c3cccc4oc5ccc(-c6ccccc6)cc5c34)cc2c1. The van der Waals surface area contributed by atoms with Crippen LogP contribution in [0.5, 0.6) is 0 Å². The van der Waals surface area contributed by atoms with Gasteiger partial charge in [-0.1, -0.05) is 170 Å². The van der Waals surface area contributed by atoms with Crippen LogP contribution in [0, 0.1) is 5.41 Å². The van der Waals surface area contributed by atoms with Gasteiger partial charge in [-0.15, -0.1) is 0 Å². The fourth-order valence-electron chi connectivity index (χ4n) is 9.16. The number of benzene rings is 10. The average molecular weight is 820 g/mol. The van der Waals surface area contributed by atoms with Crippen LogP contribution in [0.1, 0.15) is 16.7 Å². The van der Waals surface area contributed by atoms with Crippen molar-refractivity contribution in [3.63, 3.8) is 0 Å². The molecule has 0 aliphatic heterocycles. The molecule has 12 rings (SSSR count). The van der Waals surface area contributed by atoms with Crippen molar-refractivity contribution < 1.29 is 8.83 Å². The molecule has 0 aliphatic rings. The standard InChI is InChI=1S/C59H37N3O2/c60-58(42-28-26-38-25-27-41(33-44(38)34-42)47-20-11-23-54-56(47)51-35-40(30-32-53(51)64-54)37-13-3-1-4-14-37)62-59(50-21-12-24-55-57(50)49-19-9-10-22-52(49)63-55)61-36-43-29-31-46(39-15-5-2-6-16-39)48-18-8-7-17-45(43)48/h1-36,60H/b60-58?,61-36+,62-59-. The molecule has 5 nitrogen and oxygen atoms in total. The molecule has 1 N–H and O–H groups in total. The van der Waals surface area contributed by atoms with E-state index in [1.807, 2.05) is 66.9 Å². The van der Waals surface area contributed by atoms with Crippen molar-refractivity contribution in [3.05, 3.63) is 229 Å². The Morgan fingerprint density at radius 1 is 0.406 bits per heavy atom. The number of hydrogen-bond donors (Lipinski definition) is 1. The van der Waals surface area contributed by atoms with E-state index in [0.29, 0.717) is 11.4 Å². The van der Waals surface area contributed by atoms with E-state index in [9.17, 15) is 5.41 Å². The fourth-order valence-corrected chi connectivity index (χ4v) is 9.16. The molecule has 0 fully saturated rings. The van der Waals surface area contributed by atoms with Crippen molar-refractivity contribution in [3.8, 4) is 33.4 Å². The van der Waals surface area contributed by atoms with Crippen LogP contribution < -0.4 is 0 Å². The van der Waals surface area contributed by atoms with Crippen LogP contribution in [0.2, 0.25) is 0 Å². The van der Waals surface area contributed by atoms with Gasteiger partial charge in [0.25, 0.3) is 0 Å². The number of nitrogens with zero attached hydrogens (tertiary/aromatic N) is 2. The maximum absolute atomic E-state index is 9.55. The van der Waals surface area contributed by atoms with Crippen LogP contribution in [0.4, 0.5) is 0 Å². The van der Waals surface area contributed by atoms with Gasteiger partial charge >= 0.3 is 0 Å². The van der Waals surface area contributed by atoms with E-state index < -0.39 is 0 Å². The van der Waals surface area contributed by atoms with Gasteiger partial charge in [-0.3, -0.25) is 5.41 Å². The smallest absolute Gasteiger partial charge is 0.162 e. The lowest BCUT2D eigenvalue weighted by molar-refractivity contribution is 0.668. The number of furan rings is 2. The van der Waals surface area contributed by atoms with Gasteiger partial charge in [0.05, 0.1) is 0 Å². The van der Waals surface area contributed by atoms with Crippen LogP contribution in [0.3, 0.4) is 0 Å². The lowest BCUT2D eigenvalue weighted by Crippen LogP contribution is -2.05. The van der Waals surface area contributed by atoms with E-state index in [4.69, 9.17) is 18.8 Å². The van der Waals surface area contributed by atoms with E-state index in [0.717, 1.165) is 110 Å². The molecule has 0 amide bonds. The Morgan fingerprint density at radius 2 is 1.06 bits per heavy atom. The molecule has 0 radical (unpaired) electrons. The molecule has 64 heavy (non-hydrogen) atoms. The van der Waals surface area contributed by atoms with Gasteiger partial charge in [-0.25, -0.2) is 9.98 Å². The van der Waals surface area contributed by atoms with Crippen molar-refractivity contribution in [2.24, 2.45) is 9.98 Å². The number of para-hydroxylation sites is 1. The maximum Gasteiger partial charge on any atom is 0.162 e. The first-order chi connectivity index (χ1) is 31.6. The second kappa shape index (κ2) is 15.4. The quantitative estimate of drug-likeness (QED) is 0.134. The fraction of sp³-hybridized carbons (Fsp3) is 0. The van der Waals surface area contributed by atoms with Crippen molar-refractivity contribution in [1.29, 1.82) is 5.41 Å². The van der Waals surface area contributed by atoms with Gasteiger partial charge in [0.2, 0.25) is 0 Å². The van der Waals surface area contributed by atoms with Crippen molar-refractivity contribution in [1.82, 2.24) is 0 Å². The Morgan fingerprint density at radius 3 is 1.89 bits per heavy atom. The minimum Gasteiger partial charge on any atom is -0.456 e. The van der Waals surface area contributed by atoms with Crippen LogP contribution in [0.25, 0.3) is 98.8 Å². The Balaban J connectivity index is 0.969. The molecule has 0 saturated heterocycles. The molecule has 5 heteroatoms. The molecule has 12 aromatic rings. The number of fused-ring (bicyclic) bond motifs is 8. The summed E-state index contributed by atoms with van der Waals surface area (Å²) in [6, 6.07) is 72.8. The third kappa shape index (κ3) is 6.46. The summed E-state index contributed by atoms with van der Waals surface area (Å²) >= 11 is 0. The first-order valence-corrected chi connectivity index (χ1v) is 21.4. The largest absolute Gasteiger partial charge is 0.456 e. The molecule has 0 bridgehead atoms. The van der Waals surface area contributed by atoms with Crippen molar-refractivity contribution >= 4 is 83.3 Å². The van der Waals surface area contributed by atoms with E-state index >= 15 is 0 Å². The summed E-state index contributed by atoms with van der Waals surface area (Å²) in [7, 11) is 0. The van der Waals surface area contributed by atoms with Gasteiger partial charge in [0.1, 0.15) is 22.3 Å². The van der Waals surface area contributed by atoms with E-state index in [2.05, 4.69) is 152 Å². The summed E-state index contributed by atoms with van der Waals surface area (Å²) in [4.78, 5) is 10.2. The van der Waals surface area contributed by atoms with E-state index in [1.54, 1.807) is 0 Å². The summed E-state index contributed by atoms with van der Waals surface area (Å²) in [5.74, 6) is 0.519. The third-order valence-corrected chi connectivity index (χ3v) is 12.3. The molecule has 0 spiro atoms. The van der Waals surface area contributed by atoms with E-state index in [-0.39, 0.29) is 5.84 Å². The molecule has 0 unspecified atom stereocenters. The monoisotopic (exact) mass is 819 g/mol. The van der Waals surface area contributed by atoms with Gasteiger partial charge in [0, 0.05) is 44.4 Å². The molecule has 0 aliphatic carbocycles. The number of nitrogens with one attached hydrogen (secondary N) is 1. The highest BCUT2D eigenvalue weighted by atomic mass is 16.3. The number of rotatable bonds is 6. The highest BCUT2D eigenvalue weighted by molar-refractivity contribution is 6.23. The number of hydrogen-bond acceptors (Lipinski definition) is 3. The van der Waals surface area contributed by atoms with Crippen LogP contribution in [-0.2, 0) is 0 Å². The highest BCUT2D eigenvalue weighted by Crippen LogP contribution is 2.40. The van der Waals surface area contributed by atoms with Gasteiger partial charge in [0.15, 0.2) is 11.7 Å². The zero-order chi connectivity index (χ0) is 42.6. The lowest BCUT2D eigenvalue weighted by atomic mass is 9.95. The number of aliphatic imine (C=N–C) groups is 2. The second-order valence-corrected chi connectivity index (χ2v) is 16.1. The van der Waals surface area contributed by atoms with Crippen molar-refractivity contribution in [2.45, 2.75) is 0 Å². The van der Waals surface area contributed by atoms with Gasteiger partial charge in [-0.05, 0) is 97.4 Å². The normalized spacial score (nSPS) is 12.2. The van der Waals surface area contributed by atoms with Crippen LogP contribution >= 0.6 is 0 Å². The van der Waals surface area contributed by atoms with Crippen molar-refractivity contribution in [2.75, 3.05) is 0 Å². The predicted molar refractivity (Wildman–Crippen MR) is 266 cm³/mol. The van der Waals surface area contributed by atoms with Crippen LogP contribution in [-0.4, -0.2) is 17.9 Å². The zero-order valence-corrected chi connectivity index (χ0v) is 34.5. The maximum atomic E-state index is 9.55. The molecule has 300 valence electrons. The van der Waals surface area contributed by atoms with Crippen LogP contribution in [0.15, 0.2) is 231 Å². The summed E-state index contributed by atoms with van der Waals surface area (Å²) in [6.45, 7) is 0. The predicted octanol–water partition coefficient (Wildman–Crippen LogP) is 15.7. The highest BCUT2D eigenvalue weighted by Gasteiger charge is 2.18. The zero-order valence-electron chi connectivity index (χ0n) is 34.5. The topological polar surface area (TPSA) is 74.8 Å². The summed E-state index contributed by atoms with van der Waals surface area (Å²) in [6.07, 6.45) is 1.87. The summed E-state index contributed by atoms with van der Waals surface area (Å²) in [5.41, 5.74) is 12.4. The second-order valence-electron chi connectivity index (χ2n) is 16.1. The minimum absolute atomic E-state index is 0.102. The minimum atomic E-state index is 0.102. The Bertz CT molecular complexity index is 3860. The molecular formula is C59H37N3O2. The molecule has 10 aromatic carbocycles. The summed E-state index contributed by atoms with van der Waals surface area (Å²) < 4.78 is 12.7. The Kier molecular flexibility index (Phi) is 8.90. The first kappa shape index (κ1) is 37.1. The van der Waals surface area contributed by atoms with Gasteiger partial charge in [-0.2, -0.15) is 0 Å². The summed E-state index contributed by atoms with van der Waals surface area (Å²) in [5, 5.41) is 17.9. The third-order valence-electron chi connectivity index (χ3n) is 12.3. The molecule has 0 saturated carbocycles. The number of amidine groups is 2. The Labute approximate surface area is 368 Å². The van der Waals surface area contributed by atoms with E-state index in [1.165, 1.54) is 0 Å². The van der Waals surface area contributed by atoms with Gasteiger partial charge < -0.3 is 8.83 Å². The molecular weight excluding hydrogens is 783 g/mol. The first-order valence-electron chi connectivity index (χ1n) is 21.4. The molecule has 2 heterocycles. The molecule has 0 atom stereocenters. The molecule has 2 aromatic heterocycles. The lowest BCUT2D eigenvalue weighted by Gasteiger charge is -2.10. The average Bonchev–Trinajstić information content (AvgIpc) is 3.94.